The second-order valence-electron chi connectivity index (χ2n) is 2.86. The summed E-state index contributed by atoms with van der Waals surface area (Å²) in [5, 5.41) is 28.1. The number of carboxylic acid groups (broad SMARTS) is 1. The second kappa shape index (κ2) is 4.72. The summed E-state index contributed by atoms with van der Waals surface area (Å²) in [7, 11) is 0. The molecule has 0 aliphatic carbocycles. The smallest absolute Gasteiger partial charge is 0.308 e. The fraction of sp³-hybridized carbons (Fsp3) is 0.111. The SMILES string of the molecule is N#Cc1ccc(Br)c([N+](=O)[O-])c1CC(=O)O. The molecule has 0 saturated heterocycles. The number of carboxylic acids is 1. The van der Waals surface area contributed by atoms with Gasteiger partial charge in [-0.1, -0.05) is 0 Å². The van der Waals surface area contributed by atoms with Crippen molar-refractivity contribution in [3.63, 3.8) is 0 Å². The van der Waals surface area contributed by atoms with E-state index in [9.17, 15) is 14.9 Å². The number of nitro groups is 1. The van der Waals surface area contributed by atoms with Crippen LogP contribution in [0.25, 0.3) is 0 Å². The highest BCUT2D eigenvalue weighted by molar-refractivity contribution is 9.10. The van der Waals surface area contributed by atoms with E-state index in [1.54, 1.807) is 6.07 Å². The molecule has 0 radical (unpaired) electrons. The highest BCUT2D eigenvalue weighted by Gasteiger charge is 2.23. The average Bonchev–Trinajstić information content (AvgIpc) is 2.16. The van der Waals surface area contributed by atoms with Crippen LogP contribution in [0.3, 0.4) is 0 Å². The van der Waals surface area contributed by atoms with E-state index in [0.717, 1.165) is 0 Å². The summed E-state index contributed by atoms with van der Waals surface area (Å²) in [6, 6.07) is 4.43. The zero-order valence-corrected chi connectivity index (χ0v) is 9.39. The molecule has 16 heavy (non-hydrogen) atoms. The molecule has 0 saturated carbocycles. The van der Waals surface area contributed by atoms with Gasteiger partial charge in [0.15, 0.2) is 0 Å². The van der Waals surface area contributed by atoms with Gasteiger partial charge in [-0.3, -0.25) is 14.9 Å². The maximum absolute atomic E-state index is 10.8. The van der Waals surface area contributed by atoms with E-state index in [2.05, 4.69) is 15.9 Å². The predicted octanol–water partition coefficient (Wildman–Crippen LogP) is 1.86. The lowest BCUT2D eigenvalue weighted by molar-refractivity contribution is -0.386. The summed E-state index contributed by atoms with van der Waals surface area (Å²) in [6.45, 7) is 0. The number of hydrogen-bond acceptors (Lipinski definition) is 4. The Morgan fingerprint density at radius 1 is 1.62 bits per heavy atom. The van der Waals surface area contributed by atoms with Gasteiger partial charge in [-0.05, 0) is 28.1 Å². The van der Waals surface area contributed by atoms with Crippen molar-refractivity contribution in [3.05, 3.63) is 37.8 Å². The predicted molar refractivity (Wildman–Crippen MR) is 56.9 cm³/mol. The first kappa shape index (κ1) is 12.1. The van der Waals surface area contributed by atoms with Crippen LogP contribution < -0.4 is 0 Å². The molecule has 0 fully saturated rings. The number of aliphatic carboxylic acids is 1. The minimum Gasteiger partial charge on any atom is -0.481 e. The zero-order chi connectivity index (χ0) is 12.3. The van der Waals surface area contributed by atoms with Crippen molar-refractivity contribution in [1.82, 2.24) is 0 Å². The monoisotopic (exact) mass is 284 g/mol. The fourth-order valence-electron chi connectivity index (χ4n) is 1.24. The summed E-state index contributed by atoms with van der Waals surface area (Å²) >= 11 is 2.96. The molecule has 0 aromatic heterocycles. The number of nitrogens with zero attached hydrogens (tertiary/aromatic N) is 2. The number of hydrogen-bond donors (Lipinski definition) is 1. The van der Waals surface area contributed by atoms with E-state index in [0.29, 0.717) is 0 Å². The van der Waals surface area contributed by atoms with Crippen molar-refractivity contribution >= 4 is 27.6 Å². The van der Waals surface area contributed by atoms with Gasteiger partial charge in [0.2, 0.25) is 0 Å². The van der Waals surface area contributed by atoms with Crippen molar-refractivity contribution in [2.75, 3.05) is 0 Å². The molecule has 82 valence electrons. The van der Waals surface area contributed by atoms with Gasteiger partial charge in [0, 0.05) is 0 Å². The number of nitriles is 1. The molecule has 1 aromatic rings. The van der Waals surface area contributed by atoms with Crippen LogP contribution in [0, 0.1) is 21.4 Å². The molecule has 1 aromatic carbocycles. The standard InChI is InChI=1S/C9H5BrN2O4/c10-7-2-1-5(4-11)6(3-8(13)14)9(7)12(15)16/h1-2H,3H2,(H,13,14). The first-order chi connectivity index (χ1) is 7.47. The van der Waals surface area contributed by atoms with Gasteiger partial charge in [-0.25, -0.2) is 0 Å². The van der Waals surface area contributed by atoms with Gasteiger partial charge < -0.3 is 5.11 Å². The molecule has 1 N–H and O–H groups in total. The molecule has 0 spiro atoms. The Morgan fingerprint density at radius 3 is 2.69 bits per heavy atom. The number of benzene rings is 1. The molecule has 0 aliphatic rings. The maximum Gasteiger partial charge on any atom is 0.308 e. The van der Waals surface area contributed by atoms with Gasteiger partial charge in [0.05, 0.1) is 33.0 Å². The Bertz CT molecular complexity index is 507. The largest absolute Gasteiger partial charge is 0.481 e. The minimum absolute atomic E-state index is 0.00250. The van der Waals surface area contributed by atoms with Gasteiger partial charge in [0.1, 0.15) is 0 Å². The highest BCUT2D eigenvalue weighted by atomic mass is 79.9. The van der Waals surface area contributed by atoms with Gasteiger partial charge in [-0.2, -0.15) is 5.26 Å². The third-order valence-corrected chi connectivity index (χ3v) is 2.50. The molecule has 0 aliphatic heterocycles. The Hall–Kier alpha value is -1.94. The lowest BCUT2D eigenvalue weighted by Crippen LogP contribution is -2.06. The van der Waals surface area contributed by atoms with Crippen LogP contribution in [0.5, 0.6) is 0 Å². The first-order valence-electron chi connectivity index (χ1n) is 4.05. The van der Waals surface area contributed by atoms with Crippen molar-refractivity contribution in [3.8, 4) is 6.07 Å². The van der Waals surface area contributed by atoms with Crippen molar-refractivity contribution in [2.45, 2.75) is 6.42 Å². The van der Waals surface area contributed by atoms with E-state index in [1.807, 2.05) is 0 Å². The zero-order valence-electron chi connectivity index (χ0n) is 7.81. The van der Waals surface area contributed by atoms with Crippen molar-refractivity contribution < 1.29 is 14.8 Å². The molecule has 0 heterocycles. The molecular formula is C9H5BrN2O4. The van der Waals surface area contributed by atoms with Crippen LogP contribution in [0.2, 0.25) is 0 Å². The summed E-state index contributed by atoms with van der Waals surface area (Å²) in [5.41, 5.74) is -0.465. The average molecular weight is 285 g/mol. The quantitative estimate of drug-likeness (QED) is 0.674. The van der Waals surface area contributed by atoms with Gasteiger partial charge >= 0.3 is 5.97 Å². The van der Waals surface area contributed by atoms with Crippen LogP contribution in [-0.2, 0) is 11.2 Å². The molecule has 0 unspecified atom stereocenters. The highest BCUT2D eigenvalue weighted by Crippen LogP contribution is 2.31. The normalized spacial score (nSPS) is 9.50. The summed E-state index contributed by atoms with van der Waals surface area (Å²) in [6.07, 6.45) is -0.557. The maximum atomic E-state index is 10.8. The first-order valence-corrected chi connectivity index (χ1v) is 4.84. The molecular weight excluding hydrogens is 280 g/mol. The van der Waals surface area contributed by atoms with E-state index < -0.39 is 17.3 Å². The molecule has 6 nitrogen and oxygen atoms in total. The van der Waals surface area contributed by atoms with Crippen LogP contribution in [0.15, 0.2) is 16.6 Å². The van der Waals surface area contributed by atoms with E-state index >= 15 is 0 Å². The van der Waals surface area contributed by atoms with Crippen molar-refractivity contribution in [1.29, 1.82) is 5.26 Å². The minimum atomic E-state index is -1.22. The second-order valence-corrected chi connectivity index (χ2v) is 3.72. The third-order valence-electron chi connectivity index (χ3n) is 1.86. The number of carbonyl (C=O) groups is 1. The molecule has 1 rings (SSSR count). The number of rotatable bonds is 3. The van der Waals surface area contributed by atoms with E-state index in [1.165, 1.54) is 12.1 Å². The van der Waals surface area contributed by atoms with Crippen LogP contribution in [0.1, 0.15) is 11.1 Å². The van der Waals surface area contributed by atoms with Crippen LogP contribution in [-0.4, -0.2) is 16.0 Å². The Morgan fingerprint density at radius 2 is 2.25 bits per heavy atom. The Labute approximate surface area is 98.4 Å². The van der Waals surface area contributed by atoms with Crippen molar-refractivity contribution in [2.24, 2.45) is 0 Å². The third kappa shape index (κ3) is 2.35. The lowest BCUT2D eigenvalue weighted by Gasteiger charge is -2.04. The van der Waals surface area contributed by atoms with Crippen LogP contribution in [0.4, 0.5) is 5.69 Å². The summed E-state index contributed by atoms with van der Waals surface area (Å²) < 4.78 is 0.160. The number of nitro benzene ring substituents is 1. The van der Waals surface area contributed by atoms with Gasteiger partial charge in [-0.15, -0.1) is 0 Å². The topological polar surface area (TPSA) is 104 Å². The Balaban J connectivity index is 3.50. The summed E-state index contributed by atoms with van der Waals surface area (Å²) in [5.74, 6) is -1.22. The number of halogens is 1. The van der Waals surface area contributed by atoms with E-state index in [-0.39, 0.29) is 21.3 Å². The van der Waals surface area contributed by atoms with Gasteiger partial charge in [0.25, 0.3) is 5.69 Å². The molecule has 0 atom stereocenters. The molecule has 0 bridgehead atoms. The lowest BCUT2D eigenvalue weighted by atomic mass is 10.0. The molecule has 0 amide bonds. The fourth-order valence-corrected chi connectivity index (χ4v) is 1.76. The Kier molecular flexibility index (Phi) is 3.58. The molecule has 7 heteroatoms. The van der Waals surface area contributed by atoms with Crippen LogP contribution >= 0.6 is 15.9 Å². The van der Waals surface area contributed by atoms with E-state index in [4.69, 9.17) is 10.4 Å². The summed E-state index contributed by atoms with van der Waals surface area (Å²) in [4.78, 5) is 20.6.